The summed E-state index contributed by atoms with van der Waals surface area (Å²) in [6.07, 6.45) is 1.72. The molecule has 2 aromatic rings. The predicted molar refractivity (Wildman–Crippen MR) is 98.4 cm³/mol. The molecule has 22 heavy (non-hydrogen) atoms. The minimum atomic E-state index is -3.08. The number of rotatable bonds is 8. The van der Waals surface area contributed by atoms with Crippen molar-refractivity contribution in [1.82, 2.24) is 0 Å². The maximum Gasteiger partial charge on any atom is 0.158 e. The second-order valence-corrected chi connectivity index (χ2v) is 9.14. The Hall–Kier alpha value is -1.17. The highest BCUT2D eigenvalue weighted by atomic mass is 33.1. The molecule has 0 aliphatic carbocycles. The van der Waals surface area contributed by atoms with Crippen molar-refractivity contribution in [1.29, 1.82) is 0 Å². The topological polar surface area (TPSA) is 34.1 Å². The molecule has 0 saturated carbocycles. The van der Waals surface area contributed by atoms with Crippen molar-refractivity contribution in [3.05, 3.63) is 83.3 Å². The zero-order chi connectivity index (χ0) is 15.7. The summed E-state index contributed by atoms with van der Waals surface area (Å²) in [4.78, 5) is 0. The van der Waals surface area contributed by atoms with E-state index in [1.165, 1.54) is 5.56 Å². The molecule has 0 spiro atoms. The van der Waals surface area contributed by atoms with E-state index in [0.29, 0.717) is 0 Å². The largest absolute Gasteiger partial charge is 0.228 e. The maximum absolute atomic E-state index is 12.0. The average Bonchev–Trinajstić information content (AvgIpc) is 2.52. The summed E-state index contributed by atoms with van der Waals surface area (Å²) in [6, 6.07) is 19.5. The van der Waals surface area contributed by atoms with E-state index < -0.39 is 9.84 Å². The van der Waals surface area contributed by atoms with Gasteiger partial charge < -0.3 is 0 Å². The Bertz CT molecular complexity index is 680. The van der Waals surface area contributed by atoms with Gasteiger partial charge in [-0.15, -0.1) is 0 Å². The third-order valence-electron chi connectivity index (χ3n) is 2.87. The lowest BCUT2D eigenvalue weighted by Crippen LogP contribution is -2.07. The van der Waals surface area contributed by atoms with Crippen molar-refractivity contribution in [2.24, 2.45) is 0 Å². The molecule has 0 saturated heterocycles. The third-order valence-corrected chi connectivity index (χ3v) is 6.33. The smallest absolute Gasteiger partial charge is 0.158 e. The minimum Gasteiger partial charge on any atom is -0.228 e. The van der Waals surface area contributed by atoms with E-state index in [1.54, 1.807) is 27.7 Å². The van der Waals surface area contributed by atoms with Gasteiger partial charge in [0.1, 0.15) is 0 Å². The van der Waals surface area contributed by atoms with Crippen LogP contribution in [0, 0.1) is 0 Å². The second-order valence-electron chi connectivity index (χ2n) is 4.76. The zero-order valence-electron chi connectivity index (χ0n) is 12.1. The van der Waals surface area contributed by atoms with E-state index in [9.17, 15) is 8.42 Å². The molecular weight excluding hydrogens is 332 g/mol. The Morgan fingerprint density at radius 2 is 1.45 bits per heavy atom. The first kappa shape index (κ1) is 17.2. The minimum absolute atomic E-state index is 0.0841. The van der Waals surface area contributed by atoms with E-state index in [4.69, 9.17) is 0 Å². The van der Waals surface area contributed by atoms with Gasteiger partial charge >= 0.3 is 0 Å². The quantitative estimate of drug-likeness (QED) is 0.511. The predicted octanol–water partition coefficient (Wildman–Crippen LogP) is 4.70. The first-order valence-electron chi connectivity index (χ1n) is 6.87. The Labute approximate surface area is 140 Å². The molecule has 0 aliphatic heterocycles. The second kappa shape index (κ2) is 9.08. The fourth-order valence-corrected chi connectivity index (χ4v) is 4.89. The van der Waals surface area contributed by atoms with Gasteiger partial charge in [0, 0.05) is 5.75 Å². The molecule has 0 N–H and O–H groups in total. The van der Waals surface area contributed by atoms with Crippen LogP contribution < -0.4 is 0 Å². The summed E-state index contributed by atoms with van der Waals surface area (Å²) in [5.74, 6) is 1.09. The lowest BCUT2D eigenvalue weighted by molar-refractivity contribution is 0.598. The van der Waals surface area contributed by atoms with Gasteiger partial charge in [-0.2, -0.15) is 0 Å². The fraction of sp³-hybridized carbons (Fsp3) is 0.176. The van der Waals surface area contributed by atoms with Crippen LogP contribution in [0.25, 0.3) is 0 Å². The number of sulfone groups is 1. The summed E-state index contributed by atoms with van der Waals surface area (Å²) in [5.41, 5.74) is 2.10. The molecule has 2 nitrogen and oxygen atoms in total. The van der Waals surface area contributed by atoms with Crippen molar-refractivity contribution < 1.29 is 8.42 Å². The molecule has 0 aliphatic rings. The van der Waals surface area contributed by atoms with Crippen LogP contribution in [0.4, 0.5) is 0 Å². The van der Waals surface area contributed by atoms with Crippen LogP contribution in [0.2, 0.25) is 0 Å². The van der Waals surface area contributed by atoms with Crippen molar-refractivity contribution in [2.45, 2.75) is 11.5 Å². The Balaban J connectivity index is 1.70. The molecule has 0 heterocycles. The van der Waals surface area contributed by atoms with Crippen LogP contribution in [-0.4, -0.2) is 14.2 Å². The normalized spacial score (nSPS) is 11.8. The number of benzene rings is 2. The van der Waals surface area contributed by atoms with Crippen molar-refractivity contribution in [2.75, 3.05) is 5.75 Å². The molecule has 0 aromatic heterocycles. The Kier molecular flexibility index (Phi) is 7.09. The number of hydrogen-bond acceptors (Lipinski definition) is 4. The Morgan fingerprint density at radius 1 is 0.864 bits per heavy atom. The van der Waals surface area contributed by atoms with Crippen molar-refractivity contribution in [3.8, 4) is 0 Å². The van der Waals surface area contributed by atoms with Crippen molar-refractivity contribution >= 4 is 31.4 Å². The van der Waals surface area contributed by atoms with Gasteiger partial charge in [-0.05, 0) is 16.5 Å². The van der Waals surface area contributed by atoms with E-state index >= 15 is 0 Å². The maximum atomic E-state index is 12.0. The molecule has 2 aromatic carbocycles. The molecule has 0 fully saturated rings. The first-order valence-corrected chi connectivity index (χ1v) is 11.1. The summed E-state index contributed by atoms with van der Waals surface area (Å²) in [5, 5.41) is 1.86. The van der Waals surface area contributed by atoms with Gasteiger partial charge in [0.25, 0.3) is 0 Å². The molecule has 5 heteroatoms. The highest BCUT2D eigenvalue weighted by molar-refractivity contribution is 8.77. The molecular formula is C17H18O2S3. The highest BCUT2D eigenvalue weighted by Gasteiger charge is 2.09. The SMILES string of the molecule is O=S(=O)(CC=CSSCc1ccccc1)Cc1ccccc1. The molecule has 0 bridgehead atoms. The summed E-state index contributed by atoms with van der Waals surface area (Å²) >= 11 is 0. The van der Waals surface area contributed by atoms with Gasteiger partial charge in [-0.1, -0.05) is 88.3 Å². The van der Waals surface area contributed by atoms with Gasteiger partial charge in [-0.25, -0.2) is 8.42 Å². The van der Waals surface area contributed by atoms with Crippen LogP contribution in [0.15, 0.2) is 72.1 Å². The monoisotopic (exact) mass is 350 g/mol. The van der Waals surface area contributed by atoms with Gasteiger partial charge in [0.05, 0.1) is 11.5 Å². The Morgan fingerprint density at radius 3 is 2.09 bits per heavy atom. The fourth-order valence-electron chi connectivity index (χ4n) is 1.83. The van der Waals surface area contributed by atoms with E-state index in [1.807, 2.05) is 53.9 Å². The summed E-state index contributed by atoms with van der Waals surface area (Å²) in [6.45, 7) is 0. The molecule has 0 amide bonds. The summed E-state index contributed by atoms with van der Waals surface area (Å²) < 4.78 is 24.0. The van der Waals surface area contributed by atoms with Crippen LogP contribution in [-0.2, 0) is 21.3 Å². The van der Waals surface area contributed by atoms with Crippen LogP contribution in [0.3, 0.4) is 0 Å². The highest BCUT2D eigenvalue weighted by Crippen LogP contribution is 2.26. The van der Waals surface area contributed by atoms with Gasteiger partial charge in [0.15, 0.2) is 9.84 Å². The molecule has 0 radical (unpaired) electrons. The standard InChI is InChI=1S/C17H18O2S3/c18-22(19,15-17-10-5-2-6-11-17)13-7-12-20-21-14-16-8-3-1-4-9-16/h1-12H,13-15H2. The van der Waals surface area contributed by atoms with E-state index in [-0.39, 0.29) is 11.5 Å². The molecule has 0 atom stereocenters. The molecule has 2 rings (SSSR count). The van der Waals surface area contributed by atoms with Crippen LogP contribution in [0.5, 0.6) is 0 Å². The van der Waals surface area contributed by atoms with Crippen LogP contribution in [0.1, 0.15) is 11.1 Å². The van der Waals surface area contributed by atoms with Crippen molar-refractivity contribution in [3.63, 3.8) is 0 Å². The van der Waals surface area contributed by atoms with E-state index in [2.05, 4.69) is 12.1 Å². The lowest BCUT2D eigenvalue weighted by Gasteiger charge is -2.01. The average molecular weight is 351 g/mol. The first-order chi connectivity index (χ1) is 10.7. The van der Waals surface area contributed by atoms with Gasteiger partial charge in [0.2, 0.25) is 0 Å². The zero-order valence-corrected chi connectivity index (χ0v) is 14.5. The summed E-state index contributed by atoms with van der Waals surface area (Å²) in [7, 11) is 0.179. The van der Waals surface area contributed by atoms with Crippen LogP contribution >= 0.6 is 21.6 Å². The number of hydrogen-bond donors (Lipinski definition) is 0. The lowest BCUT2D eigenvalue weighted by atomic mass is 10.2. The van der Waals surface area contributed by atoms with Gasteiger partial charge in [-0.3, -0.25) is 0 Å². The van der Waals surface area contributed by atoms with E-state index in [0.717, 1.165) is 11.3 Å². The third kappa shape index (κ3) is 6.73. The molecule has 116 valence electrons. The molecule has 0 unspecified atom stereocenters.